The van der Waals surface area contributed by atoms with Crippen LogP contribution in [0, 0.1) is 0 Å². The highest BCUT2D eigenvalue weighted by Crippen LogP contribution is 2.38. The minimum Gasteiger partial charge on any atom is -0.394 e. The second kappa shape index (κ2) is 6.52. The van der Waals surface area contributed by atoms with Crippen LogP contribution in [0.2, 0.25) is 10.0 Å². The fourth-order valence-corrected chi connectivity index (χ4v) is 3.69. The minimum atomic E-state index is -3.81. The van der Waals surface area contributed by atoms with Crippen molar-refractivity contribution in [3.63, 3.8) is 0 Å². The molecule has 2 rings (SSSR count). The van der Waals surface area contributed by atoms with E-state index in [0.717, 1.165) is 4.31 Å². The highest BCUT2D eigenvalue weighted by molar-refractivity contribution is 7.92. The van der Waals surface area contributed by atoms with Crippen LogP contribution in [-0.2, 0) is 10.0 Å². The number of nitrogens with one attached hydrogen (secondary N) is 2. The molecule has 0 radical (unpaired) electrons. The number of nitrogens with zero attached hydrogens (tertiary/aromatic N) is 1. The van der Waals surface area contributed by atoms with Crippen LogP contribution < -0.4 is 15.4 Å². The quantitative estimate of drug-likeness (QED) is 0.656. The SMILES string of the molecule is CCS(=O)(=O)N(CCO)c1c(Cl)c(Cl)cc2[nH]c(=O)c(=O)[nH]c12. The van der Waals surface area contributed by atoms with Gasteiger partial charge in [-0.2, -0.15) is 0 Å². The van der Waals surface area contributed by atoms with Gasteiger partial charge in [0.05, 0.1) is 45.7 Å². The van der Waals surface area contributed by atoms with E-state index >= 15 is 0 Å². The number of sulfonamides is 1. The fourth-order valence-electron chi connectivity index (χ4n) is 2.06. The van der Waals surface area contributed by atoms with Gasteiger partial charge in [0.1, 0.15) is 0 Å². The van der Waals surface area contributed by atoms with Crippen LogP contribution >= 0.6 is 23.2 Å². The highest BCUT2D eigenvalue weighted by atomic mass is 35.5. The molecule has 0 aliphatic carbocycles. The van der Waals surface area contributed by atoms with Gasteiger partial charge in [-0.15, -0.1) is 0 Å². The van der Waals surface area contributed by atoms with E-state index in [1.807, 2.05) is 0 Å². The third-order valence-electron chi connectivity index (χ3n) is 3.14. The third kappa shape index (κ3) is 3.23. The monoisotopic (exact) mass is 381 g/mol. The molecule has 0 saturated heterocycles. The van der Waals surface area contributed by atoms with Gasteiger partial charge < -0.3 is 15.1 Å². The Bertz CT molecular complexity index is 967. The van der Waals surface area contributed by atoms with Gasteiger partial charge in [0.25, 0.3) is 0 Å². The molecule has 0 aliphatic heterocycles. The largest absolute Gasteiger partial charge is 0.394 e. The van der Waals surface area contributed by atoms with Crippen molar-refractivity contribution in [3.8, 4) is 0 Å². The summed E-state index contributed by atoms with van der Waals surface area (Å²) in [6.45, 7) is 0.661. The number of aromatic nitrogens is 2. The van der Waals surface area contributed by atoms with Crippen LogP contribution in [0.15, 0.2) is 15.7 Å². The number of fused-ring (bicyclic) bond motifs is 1. The van der Waals surface area contributed by atoms with Crippen molar-refractivity contribution in [2.45, 2.75) is 6.92 Å². The van der Waals surface area contributed by atoms with Gasteiger partial charge in [0.2, 0.25) is 10.0 Å². The van der Waals surface area contributed by atoms with Crippen LogP contribution in [0.5, 0.6) is 0 Å². The maximum Gasteiger partial charge on any atom is 0.314 e. The van der Waals surface area contributed by atoms with Crippen LogP contribution in [-0.4, -0.2) is 42.4 Å². The molecule has 0 aliphatic rings. The molecule has 1 heterocycles. The standard InChI is InChI=1S/C12H13Cl2N3O5S/c1-2-23(21,22)17(3-4-18)10-8(14)6(13)5-7-9(10)16-12(20)11(19)15-7/h5,18H,2-4H2,1H3,(H,15,19)(H,16,20). The van der Waals surface area contributed by atoms with Gasteiger partial charge in [-0.3, -0.25) is 13.9 Å². The second-order valence-corrected chi connectivity index (χ2v) is 7.52. The molecule has 2 aromatic rings. The van der Waals surface area contributed by atoms with E-state index in [-0.39, 0.29) is 39.1 Å². The first-order valence-corrected chi connectivity index (χ1v) is 8.85. The molecule has 3 N–H and O–H groups in total. The average Bonchev–Trinajstić information content (AvgIpc) is 2.49. The Kier molecular flexibility index (Phi) is 5.04. The topological polar surface area (TPSA) is 123 Å². The lowest BCUT2D eigenvalue weighted by molar-refractivity contribution is 0.307. The van der Waals surface area contributed by atoms with Crippen LogP contribution in [0.25, 0.3) is 11.0 Å². The van der Waals surface area contributed by atoms with E-state index in [9.17, 15) is 23.1 Å². The number of aliphatic hydroxyl groups is 1. The smallest absolute Gasteiger partial charge is 0.314 e. The molecule has 126 valence electrons. The van der Waals surface area contributed by atoms with Gasteiger partial charge in [-0.05, 0) is 13.0 Å². The number of halogens is 2. The maximum atomic E-state index is 12.3. The van der Waals surface area contributed by atoms with Gasteiger partial charge in [-0.1, -0.05) is 23.2 Å². The van der Waals surface area contributed by atoms with Crippen molar-refractivity contribution in [3.05, 3.63) is 36.8 Å². The van der Waals surface area contributed by atoms with Crippen molar-refractivity contribution in [1.29, 1.82) is 0 Å². The Morgan fingerprint density at radius 1 is 1.22 bits per heavy atom. The highest BCUT2D eigenvalue weighted by Gasteiger charge is 2.26. The zero-order valence-electron chi connectivity index (χ0n) is 11.9. The predicted molar refractivity (Wildman–Crippen MR) is 89.1 cm³/mol. The first-order valence-electron chi connectivity index (χ1n) is 6.48. The summed E-state index contributed by atoms with van der Waals surface area (Å²) >= 11 is 12.1. The summed E-state index contributed by atoms with van der Waals surface area (Å²) in [6.07, 6.45) is 0. The van der Waals surface area contributed by atoms with E-state index < -0.39 is 27.7 Å². The zero-order chi connectivity index (χ0) is 17.4. The Balaban J connectivity index is 2.95. The molecule has 0 bridgehead atoms. The van der Waals surface area contributed by atoms with E-state index in [2.05, 4.69) is 9.97 Å². The number of aromatic amines is 2. The van der Waals surface area contributed by atoms with Crippen molar-refractivity contribution in [1.82, 2.24) is 9.97 Å². The number of hydrogen-bond donors (Lipinski definition) is 3. The summed E-state index contributed by atoms with van der Waals surface area (Å²) in [4.78, 5) is 27.6. The van der Waals surface area contributed by atoms with Gasteiger partial charge in [-0.25, -0.2) is 8.42 Å². The van der Waals surface area contributed by atoms with Crippen LogP contribution in [0.4, 0.5) is 5.69 Å². The summed E-state index contributed by atoms with van der Waals surface area (Å²) in [5, 5.41) is 9.05. The Morgan fingerprint density at radius 3 is 2.39 bits per heavy atom. The van der Waals surface area contributed by atoms with Crippen molar-refractivity contribution in [2.75, 3.05) is 23.2 Å². The zero-order valence-corrected chi connectivity index (χ0v) is 14.2. The number of aliphatic hydroxyl groups excluding tert-OH is 1. The molecule has 0 fully saturated rings. The summed E-state index contributed by atoms with van der Waals surface area (Å²) in [5.74, 6) is -0.259. The van der Waals surface area contributed by atoms with Crippen molar-refractivity contribution < 1.29 is 13.5 Å². The normalized spacial score (nSPS) is 11.8. The van der Waals surface area contributed by atoms with Crippen molar-refractivity contribution in [2.24, 2.45) is 0 Å². The second-order valence-electron chi connectivity index (χ2n) is 4.55. The molecule has 0 atom stereocenters. The molecule has 1 aromatic carbocycles. The number of hydrogen-bond acceptors (Lipinski definition) is 5. The molecule has 0 unspecified atom stereocenters. The Morgan fingerprint density at radius 2 is 1.83 bits per heavy atom. The average molecular weight is 382 g/mol. The van der Waals surface area contributed by atoms with Crippen molar-refractivity contribution >= 4 is 49.9 Å². The molecular formula is C12H13Cl2N3O5S. The van der Waals surface area contributed by atoms with E-state index in [4.69, 9.17) is 23.2 Å². The van der Waals surface area contributed by atoms with Gasteiger partial charge >= 0.3 is 11.1 Å². The molecular weight excluding hydrogens is 369 g/mol. The summed E-state index contributed by atoms with van der Waals surface area (Å²) in [7, 11) is -3.81. The molecule has 1 aromatic heterocycles. The lowest BCUT2D eigenvalue weighted by Crippen LogP contribution is -2.36. The third-order valence-corrected chi connectivity index (χ3v) is 5.68. The van der Waals surface area contributed by atoms with E-state index in [0.29, 0.717) is 0 Å². The summed E-state index contributed by atoms with van der Waals surface area (Å²) < 4.78 is 25.5. The molecule has 0 spiro atoms. The summed E-state index contributed by atoms with van der Waals surface area (Å²) in [5.41, 5.74) is -1.84. The predicted octanol–water partition coefficient (Wildman–Crippen LogP) is 0.672. The molecule has 23 heavy (non-hydrogen) atoms. The first kappa shape index (κ1) is 17.8. The van der Waals surface area contributed by atoms with E-state index in [1.165, 1.54) is 13.0 Å². The minimum absolute atomic E-state index is 0.00823. The molecule has 0 amide bonds. The number of rotatable bonds is 5. The lowest BCUT2D eigenvalue weighted by Gasteiger charge is -2.25. The number of benzene rings is 1. The summed E-state index contributed by atoms with van der Waals surface area (Å²) in [6, 6.07) is 1.30. The Labute approximate surface area is 140 Å². The van der Waals surface area contributed by atoms with Crippen LogP contribution in [0.3, 0.4) is 0 Å². The van der Waals surface area contributed by atoms with Gasteiger partial charge in [0, 0.05) is 0 Å². The Hall–Kier alpha value is -1.55. The fraction of sp³-hybridized carbons (Fsp3) is 0.333. The number of anilines is 1. The lowest BCUT2D eigenvalue weighted by atomic mass is 10.2. The van der Waals surface area contributed by atoms with E-state index in [1.54, 1.807) is 0 Å². The molecule has 11 heteroatoms. The van der Waals surface area contributed by atoms with Crippen LogP contribution in [0.1, 0.15) is 6.92 Å². The van der Waals surface area contributed by atoms with Gasteiger partial charge in [0.15, 0.2) is 0 Å². The first-order chi connectivity index (χ1) is 10.7. The number of H-pyrrole nitrogens is 2. The molecule has 0 saturated carbocycles. The maximum absolute atomic E-state index is 12.3. The molecule has 8 nitrogen and oxygen atoms in total.